The maximum absolute atomic E-state index is 13.6. The van der Waals surface area contributed by atoms with E-state index in [1.807, 2.05) is 48.5 Å². The molecule has 1 saturated carbocycles. The summed E-state index contributed by atoms with van der Waals surface area (Å²) in [5.74, 6) is -1.23. The molecule has 1 heterocycles. The Kier molecular flexibility index (Phi) is 5.27. The number of fused-ring (bicyclic) bond motifs is 8. The zero-order chi connectivity index (χ0) is 26.1. The summed E-state index contributed by atoms with van der Waals surface area (Å²) < 4.78 is 0.867. The molecule has 5 unspecified atom stereocenters. The molecule has 0 aromatic heterocycles. The molecule has 3 aromatic carbocycles. The molecule has 2 bridgehead atoms. The Balaban J connectivity index is 1.16. The fourth-order valence-corrected chi connectivity index (χ4v) is 7.03. The SMILES string of the molecule is O=C(CC(c1ccc(Br)cc1)N1C(=O)C2C3C=CC(C3)C2C1=O)Nc1ccc2c(c1)C(=O)c1ccccc1-2. The van der Waals surface area contributed by atoms with Crippen molar-refractivity contribution in [3.05, 3.63) is 100 Å². The third-order valence-electron chi connectivity index (χ3n) is 8.46. The highest BCUT2D eigenvalue weighted by Gasteiger charge is 2.60. The van der Waals surface area contributed by atoms with Gasteiger partial charge in [-0.2, -0.15) is 0 Å². The molecule has 3 amide bonds. The second-order valence-corrected chi connectivity index (χ2v) is 11.4. The van der Waals surface area contributed by atoms with E-state index in [1.54, 1.807) is 18.2 Å². The standard InChI is InChI=1S/C31H23BrN2O4/c32-19-9-7-16(8-10-19)25(34-30(37)27-17-5-6-18(13-17)28(27)31(34)38)15-26(35)33-20-11-12-22-21-3-1-2-4-23(21)29(36)24(22)14-20/h1-12,14,17-18,25,27-28H,13,15H2,(H,33,35). The highest BCUT2D eigenvalue weighted by atomic mass is 79.9. The number of hydrogen-bond donors (Lipinski definition) is 1. The fourth-order valence-electron chi connectivity index (χ4n) is 6.77. The Morgan fingerprint density at radius 2 is 1.47 bits per heavy atom. The van der Waals surface area contributed by atoms with E-state index in [2.05, 4.69) is 33.4 Å². The number of hydrogen-bond acceptors (Lipinski definition) is 4. The van der Waals surface area contributed by atoms with Crippen molar-refractivity contribution in [3.63, 3.8) is 0 Å². The smallest absolute Gasteiger partial charge is 0.234 e. The summed E-state index contributed by atoms with van der Waals surface area (Å²) >= 11 is 3.44. The summed E-state index contributed by atoms with van der Waals surface area (Å²) in [6.45, 7) is 0. The average molecular weight is 567 g/mol. The molecule has 0 spiro atoms. The van der Waals surface area contributed by atoms with Crippen molar-refractivity contribution in [2.75, 3.05) is 5.32 Å². The van der Waals surface area contributed by atoms with Gasteiger partial charge in [-0.3, -0.25) is 24.1 Å². The van der Waals surface area contributed by atoms with Crippen molar-refractivity contribution in [1.29, 1.82) is 0 Å². The van der Waals surface area contributed by atoms with Gasteiger partial charge >= 0.3 is 0 Å². The van der Waals surface area contributed by atoms with E-state index >= 15 is 0 Å². The van der Waals surface area contributed by atoms with Crippen molar-refractivity contribution in [2.24, 2.45) is 23.7 Å². The molecule has 4 aliphatic rings. The number of benzene rings is 3. The summed E-state index contributed by atoms with van der Waals surface area (Å²) in [6, 6.07) is 19.4. The molecular weight excluding hydrogens is 544 g/mol. The lowest BCUT2D eigenvalue weighted by molar-refractivity contribution is -0.144. The second kappa shape index (κ2) is 8.60. The Hall–Kier alpha value is -3.84. The highest BCUT2D eigenvalue weighted by Crippen LogP contribution is 2.54. The van der Waals surface area contributed by atoms with Gasteiger partial charge in [0.05, 0.1) is 24.3 Å². The lowest BCUT2D eigenvalue weighted by Gasteiger charge is -2.28. The Morgan fingerprint density at radius 3 is 2.16 bits per heavy atom. The van der Waals surface area contributed by atoms with E-state index < -0.39 is 6.04 Å². The minimum Gasteiger partial charge on any atom is -0.326 e. The van der Waals surface area contributed by atoms with E-state index in [-0.39, 0.29) is 53.6 Å². The molecule has 5 atom stereocenters. The van der Waals surface area contributed by atoms with Crippen molar-refractivity contribution >= 4 is 45.1 Å². The number of amides is 3. The maximum atomic E-state index is 13.6. The topological polar surface area (TPSA) is 83.6 Å². The summed E-state index contributed by atoms with van der Waals surface area (Å²) in [4.78, 5) is 54.8. The van der Waals surface area contributed by atoms with Crippen LogP contribution >= 0.6 is 15.9 Å². The van der Waals surface area contributed by atoms with Crippen molar-refractivity contribution < 1.29 is 19.2 Å². The summed E-state index contributed by atoms with van der Waals surface area (Å²) in [7, 11) is 0. The van der Waals surface area contributed by atoms with Gasteiger partial charge in [0.25, 0.3) is 0 Å². The number of imide groups is 1. The molecule has 1 aliphatic heterocycles. The molecule has 6 nitrogen and oxygen atoms in total. The van der Waals surface area contributed by atoms with Crippen LogP contribution in [0, 0.1) is 23.7 Å². The first-order valence-corrected chi connectivity index (χ1v) is 13.6. The van der Waals surface area contributed by atoms with Crippen LogP contribution < -0.4 is 5.32 Å². The molecule has 38 heavy (non-hydrogen) atoms. The van der Waals surface area contributed by atoms with E-state index in [9.17, 15) is 19.2 Å². The number of carbonyl (C=O) groups excluding carboxylic acids is 4. The molecule has 0 radical (unpaired) electrons. The molecule has 3 aliphatic carbocycles. The Bertz CT molecular complexity index is 1550. The third-order valence-corrected chi connectivity index (χ3v) is 8.99. The Labute approximate surface area is 227 Å². The molecule has 1 saturated heterocycles. The molecule has 1 N–H and O–H groups in total. The molecule has 3 aromatic rings. The van der Waals surface area contributed by atoms with Crippen LogP contribution in [0.15, 0.2) is 83.4 Å². The largest absolute Gasteiger partial charge is 0.326 e. The van der Waals surface area contributed by atoms with E-state index in [4.69, 9.17) is 0 Å². The number of likely N-dealkylation sites (tertiary alicyclic amines) is 1. The van der Waals surface area contributed by atoms with Crippen molar-refractivity contribution in [2.45, 2.75) is 18.9 Å². The predicted octanol–water partition coefficient (Wildman–Crippen LogP) is 5.54. The van der Waals surface area contributed by atoms with Gasteiger partial charge in [-0.05, 0) is 59.2 Å². The number of carbonyl (C=O) groups is 4. The van der Waals surface area contributed by atoms with Gasteiger partial charge in [0, 0.05) is 21.3 Å². The number of rotatable bonds is 5. The monoisotopic (exact) mass is 566 g/mol. The van der Waals surface area contributed by atoms with Gasteiger partial charge in [-0.15, -0.1) is 0 Å². The quantitative estimate of drug-likeness (QED) is 0.254. The Morgan fingerprint density at radius 1 is 0.842 bits per heavy atom. The van der Waals surface area contributed by atoms with Crippen LogP contribution in [0.2, 0.25) is 0 Å². The second-order valence-electron chi connectivity index (χ2n) is 10.5. The van der Waals surface area contributed by atoms with Crippen LogP contribution in [0.3, 0.4) is 0 Å². The van der Waals surface area contributed by atoms with Gasteiger partial charge in [-0.25, -0.2) is 0 Å². The molecule has 7 rings (SSSR count). The highest BCUT2D eigenvalue weighted by molar-refractivity contribution is 9.10. The fraction of sp³-hybridized carbons (Fsp3) is 0.226. The first-order valence-electron chi connectivity index (χ1n) is 12.8. The van der Waals surface area contributed by atoms with E-state index in [1.165, 1.54) is 4.90 Å². The zero-order valence-corrected chi connectivity index (χ0v) is 21.9. The summed E-state index contributed by atoms with van der Waals surface area (Å²) in [5.41, 5.74) is 4.17. The zero-order valence-electron chi connectivity index (χ0n) is 20.3. The van der Waals surface area contributed by atoms with Crippen LogP contribution in [-0.4, -0.2) is 28.4 Å². The number of halogens is 1. The van der Waals surface area contributed by atoms with Gasteiger partial charge in [0.1, 0.15) is 0 Å². The molecule has 7 heteroatoms. The lowest BCUT2D eigenvalue weighted by atomic mass is 9.85. The van der Waals surface area contributed by atoms with Crippen LogP contribution in [0.4, 0.5) is 5.69 Å². The van der Waals surface area contributed by atoms with E-state index in [0.29, 0.717) is 16.8 Å². The number of allylic oxidation sites excluding steroid dienone is 2. The van der Waals surface area contributed by atoms with Crippen LogP contribution in [-0.2, 0) is 14.4 Å². The van der Waals surface area contributed by atoms with E-state index in [0.717, 1.165) is 27.6 Å². The number of anilines is 1. The first-order chi connectivity index (χ1) is 18.4. The van der Waals surface area contributed by atoms with Crippen LogP contribution in [0.5, 0.6) is 0 Å². The van der Waals surface area contributed by atoms with Gasteiger partial charge < -0.3 is 5.32 Å². The number of nitrogens with one attached hydrogen (secondary N) is 1. The number of nitrogens with zero attached hydrogens (tertiary/aromatic N) is 1. The first kappa shape index (κ1) is 23.3. The normalized spacial score (nSPS) is 25.0. The minimum absolute atomic E-state index is 0.0671. The molecular formula is C31H23BrN2O4. The molecule has 2 fully saturated rings. The average Bonchev–Trinajstić information content (AvgIpc) is 3.66. The van der Waals surface area contributed by atoms with Crippen LogP contribution in [0.1, 0.15) is 40.4 Å². The number of ketones is 1. The predicted molar refractivity (Wildman–Crippen MR) is 145 cm³/mol. The lowest BCUT2D eigenvalue weighted by Crippen LogP contribution is -2.38. The van der Waals surface area contributed by atoms with Crippen molar-refractivity contribution in [1.82, 2.24) is 4.90 Å². The van der Waals surface area contributed by atoms with Crippen molar-refractivity contribution in [3.8, 4) is 11.1 Å². The van der Waals surface area contributed by atoms with Gasteiger partial charge in [0.15, 0.2) is 5.78 Å². The summed E-state index contributed by atoms with van der Waals surface area (Å²) in [6.07, 6.45) is 4.90. The summed E-state index contributed by atoms with van der Waals surface area (Å²) in [5, 5.41) is 2.90. The maximum Gasteiger partial charge on any atom is 0.234 e. The third kappa shape index (κ3) is 3.45. The van der Waals surface area contributed by atoms with Gasteiger partial charge in [0.2, 0.25) is 17.7 Å². The van der Waals surface area contributed by atoms with Gasteiger partial charge in [-0.1, -0.05) is 70.5 Å². The molecule has 188 valence electrons. The minimum atomic E-state index is -0.714. The van der Waals surface area contributed by atoms with Crippen LogP contribution in [0.25, 0.3) is 11.1 Å².